The third kappa shape index (κ3) is 4.89. The Kier molecular flexibility index (Phi) is 6.23. The van der Waals surface area contributed by atoms with E-state index in [1.54, 1.807) is 12.1 Å². The Hall–Kier alpha value is -3.31. The molecule has 158 valence electrons. The van der Waals surface area contributed by atoms with Gasteiger partial charge in [0.2, 0.25) is 0 Å². The van der Waals surface area contributed by atoms with Gasteiger partial charge in [0.25, 0.3) is 5.91 Å². The molecule has 0 bridgehead atoms. The van der Waals surface area contributed by atoms with Crippen LogP contribution in [-0.2, 0) is 4.79 Å². The molecule has 0 unspecified atom stereocenters. The first kappa shape index (κ1) is 20.9. The van der Waals surface area contributed by atoms with Crippen molar-refractivity contribution in [3.63, 3.8) is 0 Å². The summed E-state index contributed by atoms with van der Waals surface area (Å²) in [6.45, 7) is 4.24. The number of ether oxygens (including phenoxy) is 1. The molecule has 4 aromatic rings. The van der Waals surface area contributed by atoms with E-state index in [0.29, 0.717) is 28.2 Å². The maximum Gasteiger partial charge on any atom is 0.262 e. The highest BCUT2D eigenvalue weighted by Gasteiger charge is 2.11. The number of halogens is 1. The van der Waals surface area contributed by atoms with Crippen molar-refractivity contribution in [2.75, 3.05) is 11.9 Å². The number of nitrogens with zero attached hydrogens (tertiary/aromatic N) is 1. The van der Waals surface area contributed by atoms with E-state index >= 15 is 0 Å². The molecule has 5 nitrogen and oxygen atoms in total. The van der Waals surface area contributed by atoms with Crippen LogP contribution < -0.4 is 10.1 Å². The van der Waals surface area contributed by atoms with Gasteiger partial charge < -0.3 is 15.0 Å². The minimum Gasteiger partial charge on any atom is -0.484 e. The average molecular weight is 434 g/mol. The summed E-state index contributed by atoms with van der Waals surface area (Å²) in [5.41, 5.74) is 4.43. The van der Waals surface area contributed by atoms with Gasteiger partial charge in [-0.15, -0.1) is 0 Å². The zero-order valence-corrected chi connectivity index (χ0v) is 18.2. The van der Waals surface area contributed by atoms with E-state index in [4.69, 9.17) is 16.3 Å². The summed E-state index contributed by atoms with van der Waals surface area (Å²) in [5.74, 6) is 1.59. The molecule has 0 saturated heterocycles. The fraction of sp³-hybridized carbons (Fsp3) is 0.200. The van der Waals surface area contributed by atoms with Crippen molar-refractivity contribution in [1.29, 1.82) is 0 Å². The molecular formula is C25H24ClN3O2. The van der Waals surface area contributed by atoms with Crippen LogP contribution in [0, 0.1) is 0 Å². The highest BCUT2D eigenvalue weighted by atomic mass is 35.5. The van der Waals surface area contributed by atoms with Crippen LogP contribution in [0.2, 0.25) is 5.02 Å². The van der Waals surface area contributed by atoms with Crippen molar-refractivity contribution < 1.29 is 9.53 Å². The van der Waals surface area contributed by atoms with Gasteiger partial charge in [0.15, 0.2) is 6.61 Å². The molecule has 1 amide bonds. The van der Waals surface area contributed by atoms with Crippen LogP contribution in [0.3, 0.4) is 0 Å². The number of H-pyrrole nitrogens is 1. The quantitative estimate of drug-likeness (QED) is 0.353. The lowest BCUT2D eigenvalue weighted by Gasteiger charge is -2.12. The topological polar surface area (TPSA) is 67.0 Å². The number of rotatable bonds is 7. The molecule has 0 aliphatic heterocycles. The number of anilines is 1. The third-order valence-electron chi connectivity index (χ3n) is 5.33. The average Bonchev–Trinajstić information content (AvgIpc) is 3.23. The number of amides is 1. The monoisotopic (exact) mass is 433 g/mol. The largest absolute Gasteiger partial charge is 0.484 e. The van der Waals surface area contributed by atoms with Crippen LogP contribution in [0.4, 0.5) is 5.69 Å². The highest BCUT2D eigenvalue weighted by Crippen LogP contribution is 2.29. The Balaban J connectivity index is 1.42. The fourth-order valence-electron chi connectivity index (χ4n) is 3.32. The number of imidazole rings is 1. The van der Waals surface area contributed by atoms with Gasteiger partial charge in [-0.2, -0.15) is 0 Å². The molecule has 0 saturated carbocycles. The molecule has 1 atom stereocenters. The van der Waals surface area contributed by atoms with E-state index in [1.165, 1.54) is 5.56 Å². The first-order chi connectivity index (χ1) is 15.0. The Morgan fingerprint density at radius 2 is 1.90 bits per heavy atom. The summed E-state index contributed by atoms with van der Waals surface area (Å²) in [6, 6.07) is 21.1. The van der Waals surface area contributed by atoms with Crippen molar-refractivity contribution >= 4 is 34.2 Å². The minimum absolute atomic E-state index is 0.103. The minimum atomic E-state index is -0.283. The number of fused-ring (bicyclic) bond motifs is 1. The Bertz CT molecular complexity index is 1170. The van der Waals surface area contributed by atoms with E-state index in [2.05, 4.69) is 29.1 Å². The van der Waals surface area contributed by atoms with Crippen molar-refractivity contribution in [3.8, 4) is 17.1 Å². The number of carbonyl (C=O) groups is 1. The number of aromatic nitrogens is 2. The van der Waals surface area contributed by atoms with Gasteiger partial charge in [-0.25, -0.2) is 4.98 Å². The van der Waals surface area contributed by atoms with E-state index in [9.17, 15) is 4.79 Å². The highest BCUT2D eigenvalue weighted by molar-refractivity contribution is 6.33. The molecule has 0 aliphatic carbocycles. The number of benzene rings is 3. The Labute approximate surface area is 186 Å². The number of hydrogen-bond acceptors (Lipinski definition) is 3. The zero-order valence-electron chi connectivity index (χ0n) is 17.5. The Morgan fingerprint density at radius 1 is 1.13 bits per heavy atom. The SMILES string of the molecule is CC[C@H](C)c1ccc(OCC(=O)Nc2cc(-c3nc4ccccc4[nH]3)ccc2Cl)cc1. The van der Waals surface area contributed by atoms with E-state index in [0.717, 1.165) is 23.0 Å². The van der Waals surface area contributed by atoms with Gasteiger partial charge >= 0.3 is 0 Å². The number of hydrogen-bond donors (Lipinski definition) is 2. The normalized spacial score (nSPS) is 12.0. The van der Waals surface area contributed by atoms with Gasteiger partial charge in [-0.1, -0.05) is 49.7 Å². The molecule has 3 aromatic carbocycles. The smallest absolute Gasteiger partial charge is 0.262 e. The molecule has 4 rings (SSSR count). The van der Waals surface area contributed by atoms with Crippen molar-refractivity contribution in [3.05, 3.63) is 77.3 Å². The van der Waals surface area contributed by atoms with Crippen molar-refractivity contribution in [1.82, 2.24) is 9.97 Å². The number of carbonyl (C=O) groups excluding carboxylic acids is 1. The van der Waals surface area contributed by atoms with Gasteiger partial charge in [0.1, 0.15) is 11.6 Å². The van der Waals surface area contributed by atoms with Crippen LogP contribution in [0.25, 0.3) is 22.4 Å². The number of para-hydroxylation sites is 2. The van der Waals surface area contributed by atoms with Gasteiger partial charge in [-0.3, -0.25) is 4.79 Å². The summed E-state index contributed by atoms with van der Waals surface area (Å²) in [6.07, 6.45) is 1.08. The second kappa shape index (κ2) is 9.23. The molecule has 31 heavy (non-hydrogen) atoms. The molecule has 0 radical (unpaired) electrons. The lowest BCUT2D eigenvalue weighted by atomic mass is 9.99. The van der Waals surface area contributed by atoms with Gasteiger partial charge in [0, 0.05) is 5.56 Å². The van der Waals surface area contributed by atoms with E-state index < -0.39 is 0 Å². The fourth-order valence-corrected chi connectivity index (χ4v) is 3.49. The summed E-state index contributed by atoms with van der Waals surface area (Å²) >= 11 is 6.30. The van der Waals surface area contributed by atoms with Crippen molar-refractivity contribution in [2.45, 2.75) is 26.2 Å². The lowest BCUT2D eigenvalue weighted by molar-refractivity contribution is -0.118. The number of aromatic amines is 1. The zero-order chi connectivity index (χ0) is 21.8. The van der Waals surface area contributed by atoms with Crippen LogP contribution >= 0.6 is 11.6 Å². The third-order valence-corrected chi connectivity index (χ3v) is 5.66. The summed E-state index contributed by atoms with van der Waals surface area (Å²) in [5, 5.41) is 3.28. The molecule has 1 aromatic heterocycles. The molecular weight excluding hydrogens is 410 g/mol. The summed E-state index contributed by atoms with van der Waals surface area (Å²) < 4.78 is 5.63. The molecule has 2 N–H and O–H groups in total. The predicted molar refractivity (Wildman–Crippen MR) is 126 cm³/mol. The second-order valence-corrected chi connectivity index (χ2v) is 7.92. The van der Waals surface area contributed by atoms with Crippen molar-refractivity contribution in [2.24, 2.45) is 0 Å². The summed E-state index contributed by atoms with van der Waals surface area (Å²) in [7, 11) is 0. The second-order valence-electron chi connectivity index (χ2n) is 7.51. The van der Waals surface area contributed by atoms with Gasteiger partial charge in [-0.05, 0) is 60.4 Å². The maximum absolute atomic E-state index is 12.4. The molecule has 0 spiro atoms. The lowest BCUT2D eigenvalue weighted by Crippen LogP contribution is -2.20. The molecule has 0 fully saturated rings. The van der Waals surface area contributed by atoms with E-state index in [-0.39, 0.29) is 12.5 Å². The molecule has 6 heteroatoms. The predicted octanol–water partition coefficient (Wildman–Crippen LogP) is 6.41. The standard InChI is InChI=1S/C25H24ClN3O2/c1-3-16(2)17-8-11-19(12-9-17)31-15-24(30)27-23-14-18(10-13-20(23)26)25-28-21-6-4-5-7-22(21)29-25/h4-14,16H,3,15H2,1-2H3,(H,27,30)(H,28,29)/t16-/m0/s1. The molecule has 0 aliphatic rings. The van der Waals surface area contributed by atoms with Crippen LogP contribution in [0.5, 0.6) is 5.75 Å². The van der Waals surface area contributed by atoms with Crippen LogP contribution in [0.1, 0.15) is 31.7 Å². The first-order valence-electron chi connectivity index (χ1n) is 10.3. The molecule has 1 heterocycles. The van der Waals surface area contributed by atoms with Crippen LogP contribution in [-0.4, -0.2) is 22.5 Å². The summed E-state index contributed by atoms with van der Waals surface area (Å²) in [4.78, 5) is 20.3. The number of nitrogens with one attached hydrogen (secondary N) is 2. The first-order valence-corrected chi connectivity index (χ1v) is 10.7. The van der Waals surface area contributed by atoms with Crippen LogP contribution in [0.15, 0.2) is 66.7 Å². The maximum atomic E-state index is 12.4. The van der Waals surface area contributed by atoms with E-state index in [1.807, 2.05) is 54.6 Å². The Morgan fingerprint density at radius 3 is 2.65 bits per heavy atom. The van der Waals surface area contributed by atoms with Gasteiger partial charge in [0.05, 0.1) is 21.7 Å².